The lowest BCUT2D eigenvalue weighted by Crippen LogP contribution is -2.53. The molecule has 1 aliphatic carbocycles. The smallest absolute Gasteiger partial charge is 0.308 e. The number of azide groups is 1. The van der Waals surface area contributed by atoms with Crippen molar-refractivity contribution in [2.24, 2.45) is 10.5 Å². The number of benzene rings is 1. The zero-order valence-electron chi connectivity index (χ0n) is 29.2. The topological polar surface area (TPSA) is 182 Å². The van der Waals surface area contributed by atoms with Gasteiger partial charge in [-0.1, -0.05) is 31.1 Å². The van der Waals surface area contributed by atoms with Crippen LogP contribution in [-0.4, -0.2) is 104 Å². The van der Waals surface area contributed by atoms with Crippen molar-refractivity contribution in [3.63, 3.8) is 0 Å². The van der Waals surface area contributed by atoms with Gasteiger partial charge in [-0.2, -0.15) is 5.26 Å². The maximum atomic E-state index is 13.1. The van der Waals surface area contributed by atoms with Gasteiger partial charge in [-0.25, -0.2) is 4.98 Å². The molecular formula is C35H49N9O5. The van der Waals surface area contributed by atoms with E-state index >= 15 is 0 Å². The maximum Gasteiger partial charge on any atom is 0.308 e. The molecule has 4 rings (SSSR count). The molecule has 1 aromatic heterocycles. The van der Waals surface area contributed by atoms with Crippen LogP contribution in [0.15, 0.2) is 35.6 Å². The highest BCUT2D eigenvalue weighted by Crippen LogP contribution is 2.41. The Morgan fingerprint density at radius 2 is 1.90 bits per heavy atom. The van der Waals surface area contributed by atoms with Crippen molar-refractivity contribution in [2.45, 2.75) is 58.9 Å². The first-order valence-electron chi connectivity index (χ1n) is 16.9. The van der Waals surface area contributed by atoms with Crippen molar-refractivity contribution in [1.82, 2.24) is 19.8 Å². The molecule has 1 saturated heterocycles. The molecule has 0 unspecified atom stereocenters. The molecule has 0 bridgehead atoms. The van der Waals surface area contributed by atoms with E-state index < -0.39 is 0 Å². The van der Waals surface area contributed by atoms with Crippen LogP contribution < -0.4 is 5.32 Å². The van der Waals surface area contributed by atoms with E-state index in [9.17, 15) is 9.59 Å². The van der Waals surface area contributed by atoms with Crippen molar-refractivity contribution >= 4 is 23.1 Å². The summed E-state index contributed by atoms with van der Waals surface area (Å²) in [6.07, 6.45) is 6.80. The number of rotatable bonds is 17. The number of nitriles is 1. The molecule has 2 aromatic rings. The third-order valence-electron chi connectivity index (χ3n) is 9.26. The molecule has 14 nitrogen and oxygen atoms in total. The van der Waals surface area contributed by atoms with Crippen LogP contribution in [0.25, 0.3) is 16.0 Å². The van der Waals surface area contributed by atoms with Crippen molar-refractivity contribution in [3.05, 3.63) is 63.6 Å². The fourth-order valence-electron chi connectivity index (χ4n) is 6.00. The lowest BCUT2D eigenvalue weighted by molar-refractivity contribution is -0.145. The van der Waals surface area contributed by atoms with Crippen LogP contribution in [0.5, 0.6) is 0 Å². The number of hydrogen-bond acceptors (Lipinski definition) is 10. The molecule has 0 spiro atoms. The number of piperazine rings is 1. The van der Waals surface area contributed by atoms with E-state index in [2.05, 4.69) is 81.0 Å². The third kappa shape index (κ3) is 11.1. The highest BCUT2D eigenvalue weighted by atomic mass is 16.5. The van der Waals surface area contributed by atoms with Crippen molar-refractivity contribution in [2.75, 3.05) is 77.6 Å². The first-order chi connectivity index (χ1) is 23.5. The molecule has 2 aliphatic rings. The Morgan fingerprint density at radius 3 is 2.57 bits per heavy atom. The van der Waals surface area contributed by atoms with Crippen molar-refractivity contribution in [1.29, 1.82) is 5.26 Å². The molecule has 264 valence electrons. The molecule has 1 amide bonds. The van der Waals surface area contributed by atoms with Crippen LogP contribution >= 0.6 is 0 Å². The van der Waals surface area contributed by atoms with Gasteiger partial charge in [-0.15, -0.1) is 0 Å². The first kappa shape index (κ1) is 37.6. The van der Waals surface area contributed by atoms with E-state index in [-0.39, 0.29) is 53.9 Å². The predicted octanol–water partition coefficient (Wildman–Crippen LogP) is 5.26. The van der Waals surface area contributed by atoms with Gasteiger partial charge in [0.05, 0.1) is 39.0 Å². The number of carbonyl (C=O) groups is 2. The minimum absolute atomic E-state index is 0.103. The first-order valence-corrected chi connectivity index (χ1v) is 16.9. The van der Waals surface area contributed by atoms with E-state index in [0.29, 0.717) is 33.0 Å². The second-order valence-electron chi connectivity index (χ2n) is 13.6. The van der Waals surface area contributed by atoms with Crippen LogP contribution in [-0.2, 0) is 24.5 Å². The Labute approximate surface area is 288 Å². The number of anilines is 1. The van der Waals surface area contributed by atoms with E-state index in [0.717, 1.165) is 56.7 Å². The monoisotopic (exact) mass is 675 g/mol. The van der Waals surface area contributed by atoms with Crippen LogP contribution in [0.1, 0.15) is 80.8 Å². The number of nitrogens with one attached hydrogen (secondary N) is 2. The highest BCUT2D eigenvalue weighted by Gasteiger charge is 2.33. The molecular weight excluding hydrogens is 626 g/mol. The van der Waals surface area contributed by atoms with Crippen LogP contribution in [0.4, 0.5) is 5.69 Å². The van der Waals surface area contributed by atoms with Gasteiger partial charge < -0.3 is 24.5 Å². The molecule has 2 heterocycles. The Morgan fingerprint density at radius 1 is 1.14 bits per heavy atom. The van der Waals surface area contributed by atoms with Crippen LogP contribution in [0, 0.1) is 16.7 Å². The fourth-order valence-corrected chi connectivity index (χ4v) is 6.00. The Balaban J connectivity index is 1.29. The molecule has 0 atom stereocenters. The van der Waals surface area contributed by atoms with E-state index in [4.69, 9.17) is 25.0 Å². The second kappa shape index (κ2) is 17.9. The Bertz CT molecular complexity index is 1550. The number of H-pyrrole nitrogens is 1. The largest absolute Gasteiger partial charge is 0.464 e. The second-order valence-corrected chi connectivity index (χ2v) is 13.6. The van der Waals surface area contributed by atoms with Crippen molar-refractivity contribution < 1.29 is 23.8 Å². The number of aromatic nitrogens is 2. The summed E-state index contributed by atoms with van der Waals surface area (Å²) in [6, 6.07) is 8.27. The number of carbonyl (C=O) groups excluding carboxylic acids is 2. The normalized spacial score (nSPS) is 16.7. The molecule has 49 heavy (non-hydrogen) atoms. The number of imidazole rings is 1. The maximum absolute atomic E-state index is 13.1. The number of amides is 1. The van der Waals surface area contributed by atoms with E-state index in [1.807, 2.05) is 12.1 Å². The van der Waals surface area contributed by atoms with Gasteiger partial charge in [0.25, 0.3) is 5.91 Å². The summed E-state index contributed by atoms with van der Waals surface area (Å²) in [4.78, 5) is 39.5. The van der Waals surface area contributed by atoms with Gasteiger partial charge in [0, 0.05) is 61.0 Å². The average Bonchev–Trinajstić information content (AvgIpc) is 3.58. The predicted molar refractivity (Wildman–Crippen MR) is 186 cm³/mol. The minimum atomic E-state index is -0.386. The quantitative estimate of drug-likeness (QED) is 0.0743. The number of hydrogen-bond donors (Lipinski definition) is 2. The van der Waals surface area contributed by atoms with Gasteiger partial charge in [-0.05, 0) is 67.3 Å². The van der Waals surface area contributed by atoms with Gasteiger partial charge in [0.1, 0.15) is 18.4 Å². The van der Waals surface area contributed by atoms with Crippen LogP contribution in [0.2, 0.25) is 0 Å². The Hall–Kier alpha value is -4.25. The summed E-state index contributed by atoms with van der Waals surface area (Å²) >= 11 is 0. The highest BCUT2D eigenvalue weighted by molar-refractivity contribution is 6.03. The lowest BCUT2D eigenvalue weighted by atomic mass is 9.76. The van der Waals surface area contributed by atoms with Gasteiger partial charge in [0.2, 0.25) is 0 Å². The minimum Gasteiger partial charge on any atom is -0.464 e. The summed E-state index contributed by atoms with van der Waals surface area (Å²) in [5, 5.41) is 15.6. The zero-order chi connectivity index (χ0) is 35.3. The van der Waals surface area contributed by atoms with Gasteiger partial charge in [0.15, 0.2) is 5.82 Å². The SMILES string of the molecule is CC1(C)CC=C(c2cc(C(C)(C)N3CCN(CCOC(=O)CCOCCOCCN=[N+]=[N-])CC3)ccc2NC(=O)c2ncc(C#N)[nH]2)CC1. The molecule has 1 aliphatic heterocycles. The summed E-state index contributed by atoms with van der Waals surface area (Å²) in [5.74, 6) is -0.568. The third-order valence-corrected chi connectivity index (χ3v) is 9.26. The summed E-state index contributed by atoms with van der Waals surface area (Å²) in [5.41, 5.74) is 12.6. The standard InChI is InChI=1S/C35H49N9O5/c1-34(2)10-7-26(8-11-34)29-23-27(5-6-30(29)41-33(46)32-38-25-28(24-36)40-32)35(3,4)44-15-13-43(14-16-44)17-20-49-31(45)9-18-47-21-22-48-19-12-39-42-37/h5-7,23,25H,8-22H2,1-4H3,(H,38,40)(H,41,46). The number of allylic oxidation sites excluding steroid dienone is 2. The molecule has 0 radical (unpaired) electrons. The molecule has 14 heteroatoms. The van der Waals surface area contributed by atoms with E-state index in [1.54, 1.807) is 0 Å². The van der Waals surface area contributed by atoms with Crippen molar-refractivity contribution in [3.8, 4) is 6.07 Å². The number of nitrogens with zero attached hydrogens (tertiary/aromatic N) is 7. The van der Waals surface area contributed by atoms with E-state index in [1.165, 1.54) is 17.3 Å². The average molecular weight is 676 g/mol. The number of ether oxygens (including phenoxy) is 3. The fraction of sp³-hybridized carbons (Fsp3) is 0.600. The Kier molecular flexibility index (Phi) is 13.8. The summed E-state index contributed by atoms with van der Waals surface area (Å²) < 4.78 is 16.1. The molecule has 1 aromatic carbocycles. The molecule has 0 saturated carbocycles. The lowest BCUT2D eigenvalue weighted by Gasteiger charge is -2.44. The molecule has 2 N–H and O–H groups in total. The van der Waals surface area contributed by atoms with Gasteiger partial charge >= 0.3 is 5.97 Å². The number of esters is 1. The van der Waals surface area contributed by atoms with Crippen LogP contribution in [0.3, 0.4) is 0 Å². The number of aromatic amines is 1. The van der Waals surface area contributed by atoms with Gasteiger partial charge in [-0.3, -0.25) is 19.4 Å². The zero-order valence-corrected chi connectivity index (χ0v) is 29.2. The summed E-state index contributed by atoms with van der Waals surface area (Å²) in [6.45, 7) is 15.1. The molecule has 1 fully saturated rings. The summed E-state index contributed by atoms with van der Waals surface area (Å²) in [7, 11) is 0.